The van der Waals surface area contributed by atoms with E-state index in [4.69, 9.17) is 11.6 Å². The van der Waals surface area contributed by atoms with E-state index in [1.807, 2.05) is 0 Å². The zero-order valence-electron chi connectivity index (χ0n) is 9.99. The van der Waals surface area contributed by atoms with E-state index in [1.165, 1.54) is 6.07 Å². The zero-order valence-corrected chi connectivity index (χ0v) is 13.1. The molecule has 0 amide bonds. The lowest BCUT2D eigenvalue weighted by Gasteiger charge is -2.06. The van der Waals surface area contributed by atoms with E-state index in [-0.39, 0.29) is 16.6 Å². The fraction of sp³-hybridized carbons (Fsp3) is 0.167. The van der Waals surface area contributed by atoms with Gasteiger partial charge in [0.25, 0.3) is 0 Å². The lowest BCUT2D eigenvalue weighted by Crippen LogP contribution is -2.06. The third-order valence-corrected chi connectivity index (χ3v) is 4.45. The summed E-state index contributed by atoms with van der Waals surface area (Å²) in [6.45, 7) is 0.401. The van der Waals surface area contributed by atoms with Gasteiger partial charge in [-0.05, 0) is 22.0 Å². The van der Waals surface area contributed by atoms with Crippen LogP contribution in [0.2, 0.25) is 0 Å². The fourth-order valence-corrected chi connectivity index (χ4v) is 3.12. The maximum atomic E-state index is 13.7. The van der Waals surface area contributed by atoms with Gasteiger partial charge in [-0.2, -0.15) is 0 Å². The molecule has 1 N–H and O–H groups in total. The van der Waals surface area contributed by atoms with Crippen molar-refractivity contribution >= 4 is 49.9 Å². The van der Waals surface area contributed by atoms with Crippen molar-refractivity contribution in [2.45, 2.75) is 12.4 Å². The average molecular weight is 377 g/mol. The van der Waals surface area contributed by atoms with Crippen LogP contribution in [-0.4, -0.2) is 14.5 Å². The number of halogens is 3. The molecule has 4 nitrogen and oxygen atoms in total. The smallest absolute Gasteiger partial charge is 0.304 e. The number of H-pyrrole nitrogens is 1. The SMILES string of the molecule is O=c1[nH]c(Cn2c(CCl)nc3cc(Br)c(F)cc32)cs1. The van der Waals surface area contributed by atoms with Gasteiger partial charge in [-0.25, -0.2) is 9.37 Å². The minimum absolute atomic E-state index is 0.120. The molecule has 0 saturated carbocycles. The van der Waals surface area contributed by atoms with Crippen LogP contribution in [0, 0.1) is 5.82 Å². The van der Waals surface area contributed by atoms with Crippen LogP contribution in [0.3, 0.4) is 0 Å². The molecule has 0 atom stereocenters. The highest BCUT2D eigenvalue weighted by Gasteiger charge is 2.14. The number of hydrogen-bond acceptors (Lipinski definition) is 3. The summed E-state index contributed by atoms with van der Waals surface area (Å²) in [5.74, 6) is 0.479. The highest BCUT2D eigenvalue weighted by molar-refractivity contribution is 9.10. The van der Waals surface area contributed by atoms with Crippen molar-refractivity contribution in [1.29, 1.82) is 0 Å². The molecule has 1 aromatic carbocycles. The van der Waals surface area contributed by atoms with Crippen molar-refractivity contribution in [3.63, 3.8) is 0 Å². The van der Waals surface area contributed by atoms with Gasteiger partial charge >= 0.3 is 4.87 Å². The van der Waals surface area contributed by atoms with Crippen molar-refractivity contribution in [3.8, 4) is 0 Å². The number of aromatic amines is 1. The van der Waals surface area contributed by atoms with Crippen LogP contribution in [0.5, 0.6) is 0 Å². The van der Waals surface area contributed by atoms with Crippen molar-refractivity contribution < 1.29 is 4.39 Å². The molecule has 0 bridgehead atoms. The molecule has 3 aromatic rings. The predicted octanol–water partition coefficient (Wildman–Crippen LogP) is 3.47. The zero-order chi connectivity index (χ0) is 14.3. The van der Waals surface area contributed by atoms with Gasteiger partial charge in [-0.1, -0.05) is 11.3 Å². The van der Waals surface area contributed by atoms with E-state index in [9.17, 15) is 9.18 Å². The van der Waals surface area contributed by atoms with Crippen molar-refractivity contribution in [2.75, 3.05) is 0 Å². The number of hydrogen-bond donors (Lipinski definition) is 1. The largest absolute Gasteiger partial charge is 0.321 e. The van der Waals surface area contributed by atoms with E-state index in [2.05, 4.69) is 25.9 Å². The minimum Gasteiger partial charge on any atom is -0.321 e. The molecule has 0 radical (unpaired) electrons. The van der Waals surface area contributed by atoms with Crippen molar-refractivity contribution in [1.82, 2.24) is 14.5 Å². The normalized spacial score (nSPS) is 11.3. The maximum Gasteiger partial charge on any atom is 0.304 e. The Kier molecular flexibility index (Phi) is 3.66. The third-order valence-electron chi connectivity index (χ3n) is 2.89. The molecule has 0 saturated heterocycles. The predicted molar refractivity (Wildman–Crippen MR) is 81.0 cm³/mol. The minimum atomic E-state index is -0.362. The van der Waals surface area contributed by atoms with Gasteiger partial charge in [0.1, 0.15) is 11.6 Å². The molecule has 0 fully saturated rings. The Morgan fingerprint density at radius 1 is 1.50 bits per heavy atom. The first-order chi connectivity index (χ1) is 9.58. The number of thiazole rings is 1. The van der Waals surface area contributed by atoms with Crippen molar-refractivity contribution in [3.05, 3.63) is 49.0 Å². The Bertz CT molecular complexity index is 841. The number of nitrogens with zero attached hydrogens (tertiary/aromatic N) is 2. The van der Waals surface area contributed by atoms with Gasteiger partial charge in [0.15, 0.2) is 0 Å². The van der Waals surface area contributed by atoms with Gasteiger partial charge in [0.05, 0.1) is 27.9 Å². The van der Waals surface area contributed by atoms with E-state index in [1.54, 1.807) is 16.0 Å². The van der Waals surface area contributed by atoms with E-state index < -0.39 is 0 Å². The second kappa shape index (κ2) is 5.31. The summed E-state index contributed by atoms with van der Waals surface area (Å²) < 4.78 is 15.9. The Hall–Kier alpha value is -1.18. The van der Waals surface area contributed by atoms with Crippen LogP contribution in [-0.2, 0) is 12.4 Å². The molecular weight excluding hydrogens is 369 g/mol. The van der Waals surface area contributed by atoms with Crippen LogP contribution in [0.15, 0.2) is 26.8 Å². The van der Waals surface area contributed by atoms with Gasteiger partial charge in [0.2, 0.25) is 0 Å². The lowest BCUT2D eigenvalue weighted by molar-refractivity contribution is 0.621. The average Bonchev–Trinajstić information content (AvgIpc) is 2.96. The fourth-order valence-electron chi connectivity index (χ4n) is 2.01. The monoisotopic (exact) mass is 375 g/mol. The number of fused-ring (bicyclic) bond motifs is 1. The van der Waals surface area contributed by atoms with Gasteiger partial charge < -0.3 is 9.55 Å². The number of imidazole rings is 1. The maximum absolute atomic E-state index is 13.7. The summed E-state index contributed by atoms with van der Waals surface area (Å²) in [6.07, 6.45) is 0. The first-order valence-electron chi connectivity index (χ1n) is 5.65. The molecule has 0 unspecified atom stereocenters. The highest BCUT2D eigenvalue weighted by Crippen LogP contribution is 2.25. The highest BCUT2D eigenvalue weighted by atomic mass is 79.9. The standard InChI is InChI=1S/C12H8BrClFN3OS/c13-7-1-9-10(2-8(7)15)18(11(3-14)17-9)4-6-5-20-12(19)16-6/h1-2,5H,3-4H2,(H,16,19). The molecule has 0 spiro atoms. The second-order valence-corrected chi connectivity index (χ2v) is 6.14. The topological polar surface area (TPSA) is 50.7 Å². The number of alkyl halides is 1. The Morgan fingerprint density at radius 2 is 2.30 bits per heavy atom. The molecular formula is C12H8BrClFN3OS. The summed E-state index contributed by atoms with van der Waals surface area (Å²) in [6, 6.07) is 3.03. The summed E-state index contributed by atoms with van der Waals surface area (Å²) in [4.78, 5) is 18.2. The summed E-state index contributed by atoms with van der Waals surface area (Å²) in [5.41, 5.74) is 2.05. The number of benzene rings is 1. The van der Waals surface area contributed by atoms with Crippen LogP contribution in [0.4, 0.5) is 4.39 Å². The van der Waals surface area contributed by atoms with Gasteiger partial charge in [-0.3, -0.25) is 4.79 Å². The first kappa shape index (κ1) is 13.8. The molecule has 8 heteroatoms. The first-order valence-corrected chi connectivity index (χ1v) is 7.86. The number of aromatic nitrogens is 3. The Balaban J connectivity index is 2.16. The molecule has 0 aliphatic heterocycles. The van der Waals surface area contributed by atoms with E-state index in [0.717, 1.165) is 17.0 Å². The van der Waals surface area contributed by atoms with E-state index in [0.29, 0.717) is 27.9 Å². The molecule has 104 valence electrons. The van der Waals surface area contributed by atoms with Gasteiger partial charge in [0, 0.05) is 17.1 Å². The Morgan fingerprint density at radius 3 is 2.95 bits per heavy atom. The quantitative estimate of drug-likeness (QED) is 0.712. The van der Waals surface area contributed by atoms with Gasteiger partial charge in [-0.15, -0.1) is 11.6 Å². The van der Waals surface area contributed by atoms with Crippen LogP contribution >= 0.6 is 38.9 Å². The summed E-state index contributed by atoms with van der Waals surface area (Å²) in [5, 5.41) is 1.74. The number of nitrogens with one attached hydrogen (secondary N) is 1. The van der Waals surface area contributed by atoms with Crippen LogP contribution in [0.25, 0.3) is 11.0 Å². The van der Waals surface area contributed by atoms with Crippen LogP contribution in [0.1, 0.15) is 11.5 Å². The summed E-state index contributed by atoms with van der Waals surface area (Å²) in [7, 11) is 0. The molecule has 0 aliphatic rings. The second-order valence-electron chi connectivity index (χ2n) is 4.18. The summed E-state index contributed by atoms with van der Waals surface area (Å²) >= 11 is 10.1. The molecule has 20 heavy (non-hydrogen) atoms. The molecule has 0 aliphatic carbocycles. The van der Waals surface area contributed by atoms with Crippen molar-refractivity contribution in [2.24, 2.45) is 0 Å². The molecule has 3 rings (SSSR count). The van der Waals surface area contributed by atoms with Crippen LogP contribution < -0.4 is 4.87 Å². The third kappa shape index (κ3) is 2.41. The molecule has 2 heterocycles. The Labute approximate surface area is 130 Å². The lowest BCUT2D eigenvalue weighted by atomic mass is 10.3. The van der Waals surface area contributed by atoms with E-state index >= 15 is 0 Å². The number of rotatable bonds is 3. The molecule has 2 aromatic heterocycles.